The summed E-state index contributed by atoms with van der Waals surface area (Å²) in [5.74, 6) is 1.54. The lowest BCUT2D eigenvalue weighted by atomic mass is 10.1. The molecule has 15 heavy (non-hydrogen) atoms. The monoisotopic (exact) mass is 200 g/mol. The highest BCUT2D eigenvalue weighted by atomic mass is 15.0. The minimum Gasteiger partial charge on any atom is -0.383 e. The van der Waals surface area contributed by atoms with E-state index in [0.717, 1.165) is 17.6 Å². The van der Waals surface area contributed by atoms with Crippen LogP contribution in [0.1, 0.15) is 12.5 Å². The molecule has 0 saturated heterocycles. The molecule has 3 heterocycles. The summed E-state index contributed by atoms with van der Waals surface area (Å²) in [4.78, 5) is 8.44. The molecule has 0 fully saturated rings. The van der Waals surface area contributed by atoms with Gasteiger partial charge in [0.1, 0.15) is 11.6 Å². The topological polar surface area (TPSA) is 63.8 Å². The SMILES string of the molecule is CC1Cc2c(ncc3c(N)nccc23)N1. The maximum absolute atomic E-state index is 5.81. The molecule has 1 unspecified atom stereocenters. The van der Waals surface area contributed by atoms with Gasteiger partial charge in [0.25, 0.3) is 0 Å². The van der Waals surface area contributed by atoms with Crippen LogP contribution >= 0.6 is 0 Å². The minimum atomic E-state index is 0.451. The second kappa shape index (κ2) is 2.82. The Morgan fingerprint density at radius 2 is 2.27 bits per heavy atom. The molecule has 4 nitrogen and oxygen atoms in total. The molecule has 0 spiro atoms. The van der Waals surface area contributed by atoms with E-state index in [9.17, 15) is 0 Å². The summed E-state index contributed by atoms with van der Waals surface area (Å²) in [5, 5.41) is 5.46. The molecule has 3 rings (SSSR count). The third kappa shape index (κ3) is 1.14. The summed E-state index contributed by atoms with van der Waals surface area (Å²) in [6.07, 6.45) is 4.55. The van der Waals surface area contributed by atoms with Crippen LogP contribution in [-0.4, -0.2) is 16.0 Å². The Morgan fingerprint density at radius 1 is 1.40 bits per heavy atom. The summed E-state index contributed by atoms with van der Waals surface area (Å²) in [5.41, 5.74) is 7.07. The minimum absolute atomic E-state index is 0.451. The molecule has 1 aliphatic heterocycles. The van der Waals surface area contributed by atoms with Gasteiger partial charge in [-0.05, 0) is 24.8 Å². The Bertz CT molecular complexity index is 535. The Labute approximate surface area is 87.5 Å². The van der Waals surface area contributed by atoms with Crippen LogP contribution in [0.5, 0.6) is 0 Å². The van der Waals surface area contributed by atoms with Crippen molar-refractivity contribution in [1.82, 2.24) is 9.97 Å². The normalized spacial score (nSPS) is 18.9. The fourth-order valence-corrected chi connectivity index (χ4v) is 2.14. The summed E-state index contributed by atoms with van der Waals surface area (Å²) < 4.78 is 0. The fraction of sp³-hybridized carbons (Fsp3) is 0.273. The summed E-state index contributed by atoms with van der Waals surface area (Å²) in [6.45, 7) is 2.15. The largest absolute Gasteiger partial charge is 0.383 e. The number of rotatable bonds is 0. The van der Waals surface area contributed by atoms with Gasteiger partial charge >= 0.3 is 0 Å². The smallest absolute Gasteiger partial charge is 0.132 e. The number of aromatic nitrogens is 2. The van der Waals surface area contributed by atoms with Crippen molar-refractivity contribution in [3.63, 3.8) is 0 Å². The number of nitrogens with zero attached hydrogens (tertiary/aromatic N) is 2. The Morgan fingerprint density at radius 3 is 3.13 bits per heavy atom. The summed E-state index contributed by atoms with van der Waals surface area (Å²) in [6, 6.07) is 2.46. The summed E-state index contributed by atoms with van der Waals surface area (Å²) in [7, 11) is 0. The second-order valence-corrected chi connectivity index (χ2v) is 3.99. The van der Waals surface area contributed by atoms with Gasteiger partial charge < -0.3 is 11.1 Å². The number of anilines is 2. The van der Waals surface area contributed by atoms with Crippen LogP contribution in [0.15, 0.2) is 18.5 Å². The van der Waals surface area contributed by atoms with Gasteiger partial charge in [-0.2, -0.15) is 0 Å². The Hall–Kier alpha value is -1.84. The van der Waals surface area contributed by atoms with Gasteiger partial charge in [-0.3, -0.25) is 0 Å². The summed E-state index contributed by atoms with van der Waals surface area (Å²) >= 11 is 0. The van der Waals surface area contributed by atoms with E-state index in [1.807, 2.05) is 6.07 Å². The molecule has 0 aromatic carbocycles. The van der Waals surface area contributed by atoms with Crippen molar-refractivity contribution in [2.45, 2.75) is 19.4 Å². The molecule has 76 valence electrons. The van der Waals surface area contributed by atoms with Crippen molar-refractivity contribution >= 4 is 22.4 Å². The van der Waals surface area contributed by atoms with Crippen LogP contribution in [0.3, 0.4) is 0 Å². The van der Waals surface area contributed by atoms with E-state index in [2.05, 4.69) is 22.2 Å². The van der Waals surface area contributed by atoms with E-state index < -0.39 is 0 Å². The second-order valence-electron chi connectivity index (χ2n) is 3.99. The molecule has 1 aliphatic rings. The molecule has 0 amide bonds. The van der Waals surface area contributed by atoms with E-state index >= 15 is 0 Å². The number of nitrogens with two attached hydrogens (primary N) is 1. The third-order valence-corrected chi connectivity index (χ3v) is 2.85. The zero-order valence-electron chi connectivity index (χ0n) is 8.49. The van der Waals surface area contributed by atoms with Crippen LogP contribution < -0.4 is 11.1 Å². The number of fused-ring (bicyclic) bond motifs is 3. The molecule has 1 atom stereocenters. The Kier molecular flexibility index (Phi) is 1.59. The van der Waals surface area contributed by atoms with Gasteiger partial charge in [-0.15, -0.1) is 0 Å². The molecule has 0 bridgehead atoms. The average Bonchev–Trinajstić information content (AvgIpc) is 2.59. The van der Waals surface area contributed by atoms with E-state index in [1.165, 1.54) is 10.9 Å². The molecule has 2 aromatic heterocycles. The van der Waals surface area contributed by atoms with E-state index in [1.54, 1.807) is 12.4 Å². The fourth-order valence-electron chi connectivity index (χ4n) is 2.14. The predicted molar refractivity (Wildman–Crippen MR) is 60.7 cm³/mol. The lowest BCUT2D eigenvalue weighted by Gasteiger charge is -2.04. The maximum Gasteiger partial charge on any atom is 0.132 e. The van der Waals surface area contributed by atoms with Crippen molar-refractivity contribution < 1.29 is 0 Å². The van der Waals surface area contributed by atoms with Crippen molar-refractivity contribution in [1.29, 1.82) is 0 Å². The van der Waals surface area contributed by atoms with Crippen LogP contribution in [0.25, 0.3) is 10.8 Å². The molecular weight excluding hydrogens is 188 g/mol. The molecule has 3 N–H and O–H groups in total. The molecule has 0 aliphatic carbocycles. The van der Waals surface area contributed by atoms with Crippen LogP contribution in [-0.2, 0) is 6.42 Å². The average molecular weight is 200 g/mol. The lowest BCUT2D eigenvalue weighted by Crippen LogP contribution is -2.08. The van der Waals surface area contributed by atoms with Gasteiger partial charge in [-0.1, -0.05) is 0 Å². The van der Waals surface area contributed by atoms with Crippen molar-refractivity contribution in [2.75, 3.05) is 11.1 Å². The van der Waals surface area contributed by atoms with Gasteiger partial charge in [0.15, 0.2) is 0 Å². The van der Waals surface area contributed by atoms with E-state index in [4.69, 9.17) is 5.73 Å². The number of hydrogen-bond acceptors (Lipinski definition) is 4. The molecule has 0 saturated carbocycles. The first-order valence-electron chi connectivity index (χ1n) is 5.04. The van der Waals surface area contributed by atoms with Crippen molar-refractivity contribution in [3.05, 3.63) is 24.0 Å². The highest BCUT2D eigenvalue weighted by molar-refractivity contribution is 5.95. The van der Waals surface area contributed by atoms with Gasteiger partial charge in [0.2, 0.25) is 0 Å². The lowest BCUT2D eigenvalue weighted by molar-refractivity contribution is 0.841. The van der Waals surface area contributed by atoms with Crippen LogP contribution in [0.4, 0.5) is 11.6 Å². The molecule has 0 radical (unpaired) electrons. The number of pyridine rings is 2. The van der Waals surface area contributed by atoms with Crippen LogP contribution in [0.2, 0.25) is 0 Å². The number of hydrogen-bond donors (Lipinski definition) is 2. The third-order valence-electron chi connectivity index (χ3n) is 2.85. The quantitative estimate of drug-likeness (QED) is 0.677. The zero-order valence-corrected chi connectivity index (χ0v) is 8.49. The number of nitrogens with one attached hydrogen (secondary N) is 1. The van der Waals surface area contributed by atoms with Gasteiger partial charge in [-0.25, -0.2) is 9.97 Å². The van der Waals surface area contributed by atoms with Crippen molar-refractivity contribution in [2.24, 2.45) is 0 Å². The predicted octanol–water partition coefficient (Wildman–Crippen LogP) is 1.57. The van der Waals surface area contributed by atoms with Gasteiger partial charge in [0, 0.05) is 29.4 Å². The molecular formula is C11H12N4. The number of nitrogen functional groups attached to an aromatic ring is 1. The first kappa shape index (κ1) is 8.47. The highest BCUT2D eigenvalue weighted by Crippen LogP contribution is 2.31. The van der Waals surface area contributed by atoms with Crippen molar-refractivity contribution in [3.8, 4) is 0 Å². The Balaban J connectivity index is 2.36. The highest BCUT2D eigenvalue weighted by Gasteiger charge is 2.20. The standard InChI is InChI=1S/C11H12N4/c1-6-4-8-7-2-3-13-10(12)9(7)5-14-11(8)15-6/h2-3,5-6H,4H2,1H3,(H2,12,13)(H,14,15). The maximum atomic E-state index is 5.81. The van der Waals surface area contributed by atoms with Gasteiger partial charge in [0.05, 0.1) is 0 Å². The molecule has 2 aromatic rings. The zero-order chi connectivity index (χ0) is 10.4. The van der Waals surface area contributed by atoms with E-state index in [-0.39, 0.29) is 0 Å². The van der Waals surface area contributed by atoms with Crippen LogP contribution in [0, 0.1) is 0 Å². The first-order chi connectivity index (χ1) is 7.25. The van der Waals surface area contributed by atoms with E-state index in [0.29, 0.717) is 11.9 Å². The first-order valence-corrected chi connectivity index (χ1v) is 5.04. The molecule has 4 heteroatoms.